The lowest BCUT2D eigenvalue weighted by Crippen LogP contribution is -1.75. The molecule has 0 bridgehead atoms. The first kappa shape index (κ1) is 9.03. The van der Waals surface area contributed by atoms with Gasteiger partial charge in [0.25, 0.3) is 0 Å². The number of fused-ring (bicyclic) bond motifs is 1. The van der Waals surface area contributed by atoms with Crippen molar-refractivity contribution in [1.82, 2.24) is 0 Å². The molecule has 13 heavy (non-hydrogen) atoms. The highest BCUT2D eigenvalue weighted by Crippen LogP contribution is 2.33. The highest BCUT2D eigenvalue weighted by molar-refractivity contribution is 9.10. The summed E-state index contributed by atoms with van der Waals surface area (Å²) in [6, 6.07) is 9.57. The molecule has 0 saturated carbocycles. The number of halogens is 2. The van der Waals surface area contributed by atoms with E-state index in [9.17, 15) is 5.11 Å². The topological polar surface area (TPSA) is 20.2 Å². The van der Waals surface area contributed by atoms with Crippen LogP contribution in [0.3, 0.4) is 0 Å². The molecule has 0 aromatic heterocycles. The summed E-state index contributed by atoms with van der Waals surface area (Å²) >= 11 is 6.66. The molecule has 0 aliphatic rings. The van der Waals surface area contributed by atoms with Crippen LogP contribution < -0.4 is 0 Å². The van der Waals surface area contributed by atoms with Crippen molar-refractivity contribution in [3.05, 3.63) is 39.3 Å². The molecule has 0 aliphatic carbocycles. The van der Waals surface area contributed by atoms with Gasteiger partial charge in [-0.05, 0) is 45.6 Å². The van der Waals surface area contributed by atoms with Gasteiger partial charge in [-0.3, -0.25) is 0 Å². The van der Waals surface area contributed by atoms with E-state index in [-0.39, 0.29) is 0 Å². The van der Waals surface area contributed by atoms with E-state index in [0.29, 0.717) is 5.75 Å². The third-order valence-corrected chi connectivity index (χ3v) is 3.04. The van der Waals surface area contributed by atoms with Crippen molar-refractivity contribution in [3.63, 3.8) is 0 Å². The zero-order valence-electron chi connectivity index (χ0n) is 6.59. The minimum absolute atomic E-state index is 0.296. The molecule has 0 unspecified atom stereocenters. The van der Waals surface area contributed by atoms with Crippen molar-refractivity contribution in [1.29, 1.82) is 0 Å². The normalized spacial score (nSPS) is 10.6. The van der Waals surface area contributed by atoms with Gasteiger partial charge >= 0.3 is 0 Å². The quantitative estimate of drug-likeness (QED) is 0.778. The Labute approximate surface area is 92.6 Å². The van der Waals surface area contributed by atoms with Gasteiger partial charge in [0.15, 0.2) is 0 Å². The van der Waals surface area contributed by atoms with Crippen molar-refractivity contribution in [2.75, 3.05) is 0 Å². The molecule has 1 nitrogen and oxygen atoms in total. The Morgan fingerprint density at radius 3 is 2.54 bits per heavy atom. The maximum absolute atomic E-state index is 9.69. The molecule has 2 rings (SSSR count). The molecular weight excluding hydrogens is 296 g/mol. The maximum atomic E-state index is 9.69. The van der Waals surface area contributed by atoms with Crippen LogP contribution in [0.25, 0.3) is 10.8 Å². The minimum atomic E-state index is 0.296. The van der Waals surface area contributed by atoms with Gasteiger partial charge in [0.05, 0.1) is 4.47 Å². The monoisotopic (exact) mass is 300 g/mol. The molecule has 0 atom stereocenters. The van der Waals surface area contributed by atoms with Crippen molar-refractivity contribution in [2.45, 2.75) is 0 Å². The molecule has 3 heteroatoms. The standard InChI is InChI=1S/C10H6Br2O/c11-7-2-3-8-6(5-7)1-4-9(12)10(8)13/h1-5,13H. The van der Waals surface area contributed by atoms with Crippen molar-refractivity contribution in [3.8, 4) is 5.75 Å². The Morgan fingerprint density at radius 1 is 1.00 bits per heavy atom. The zero-order valence-corrected chi connectivity index (χ0v) is 9.76. The van der Waals surface area contributed by atoms with Crippen LogP contribution >= 0.6 is 31.9 Å². The number of hydrogen-bond acceptors (Lipinski definition) is 1. The van der Waals surface area contributed by atoms with Crippen LogP contribution in [0.1, 0.15) is 0 Å². The van der Waals surface area contributed by atoms with E-state index in [1.165, 1.54) is 0 Å². The SMILES string of the molecule is Oc1c(Br)ccc2cc(Br)ccc12. The number of benzene rings is 2. The fourth-order valence-electron chi connectivity index (χ4n) is 1.26. The molecule has 1 N–H and O–H groups in total. The summed E-state index contributed by atoms with van der Waals surface area (Å²) in [7, 11) is 0. The predicted octanol–water partition coefficient (Wildman–Crippen LogP) is 4.07. The number of hydrogen-bond donors (Lipinski definition) is 1. The van der Waals surface area contributed by atoms with E-state index in [1.807, 2.05) is 30.3 Å². The van der Waals surface area contributed by atoms with Gasteiger partial charge in [0, 0.05) is 9.86 Å². The molecule has 0 heterocycles. The Kier molecular flexibility index (Phi) is 2.30. The lowest BCUT2D eigenvalue weighted by atomic mass is 10.1. The third-order valence-electron chi connectivity index (χ3n) is 1.90. The Morgan fingerprint density at radius 2 is 1.77 bits per heavy atom. The van der Waals surface area contributed by atoms with Crippen molar-refractivity contribution >= 4 is 42.6 Å². The lowest BCUT2D eigenvalue weighted by Gasteiger charge is -2.02. The molecule has 0 aliphatic heterocycles. The minimum Gasteiger partial charge on any atom is -0.506 e. The first-order chi connectivity index (χ1) is 6.18. The maximum Gasteiger partial charge on any atom is 0.137 e. The number of rotatable bonds is 0. The summed E-state index contributed by atoms with van der Waals surface area (Å²) in [6.45, 7) is 0. The fourth-order valence-corrected chi connectivity index (χ4v) is 1.98. The Hall–Kier alpha value is -0.540. The molecule has 2 aromatic rings. The van der Waals surface area contributed by atoms with Crippen molar-refractivity contribution < 1.29 is 5.11 Å². The van der Waals surface area contributed by atoms with Crippen LogP contribution in [0.2, 0.25) is 0 Å². The van der Waals surface area contributed by atoms with E-state index >= 15 is 0 Å². The van der Waals surface area contributed by atoms with Gasteiger partial charge in [-0.1, -0.05) is 22.0 Å². The van der Waals surface area contributed by atoms with Crippen LogP contribution in [0.15, 0.2) is 39.3 Å². The highest BCUT2D eigenvalue weighted by atomic mass is 79.9. The molecule has 0 radical (unpaired) electrons. The van der Waals surface area contributed by atoms with Crippen LogP contribution in [-0.4, -0.2) is 5.11 Å². The van der Waals surface area contributed by atoms with Gasteiger partial charge < -0.3 is 5.11 Å². The van der Waals surface area contributed by atoms with E-state index in [1.54, 1.807) is 0 Å². The van der Waals surface area contributed by atoms with Gasteiger partial charge in [-0.25, -0.2) is 0 Å². The summed E-state index contributed by atoms with van der Waals surface area (Å²) in [5.41, 5.74) is 0. The van der Waals surface area contributed by atoms with Crippen molar-refractivity contribution in [2.24, 2.45) is 0 Å². The zero-order chi connectivity index (χ0) is 9.42. The summed E-state index contributed by atoms with van der Waals surface area (Å²) in [5, 5.41) is 11.6. The number of phenols is 1. The molecule has 66 valence electrons. The number of aromatic hydroxyl groups is 1. The highest BCUT2D eigenvalue weighted by Gasteiger charge is 2.03. The summed E-state index contributed by atoms with van der Waals surface area (Å²) in [4.78, 5) is 0. The Bertz CT molecular complexity index is 466. The predicted molar refractivity (Wildman–Crippen MR) is 61.0 cm³/mol. The van der Waals surface area contributed by atoms with Gasteiger partial charge in [-0.2, -0.15) is 0 Å². The average Bonchev–Trinajstić information content (AvgIpc) is 2.12. The molecule has 2 aromatic carbocycles. The largest absolute Gasteiger partial charge is 0.506 e. The second kappa shape index (κ2) is 3.31. The van der Waals surface area contributed by atoms with E-state index in [4.69, 9.17) is 0 Å². The van der Waals surface area contributed by atoms with Gasteiger partial charge in [-0.15, -0.1) is 0 Å². The Balaban J connectivity index is 2.87. The van der Waals surface area contributed by atoms with Crippen LogP contribution in [-0.2, 0) is 0 Å². The van der Waals surface area contributed by atoms with E-state index in [0.717, 1.165) is 19.7 Å². The first-order valence-corrected chi connectivity index (χ1v) is 5.34. The second-order valence-corrected chi connectivity index (χ2v) is 4.53. The van der Waals surface area contributed by atoms with Crippen LogP contribution in [0.4, 0.5) is 0 Å². The molecule has 0 fully saturated rings. The van der Waals surface area contributed by atoms with E-state index < -0.39 is 0 Å². The molecular formula is C10H6Br2O. The smallest absolute Gasteiger partial charge is 0.137 e. The lowest BCUT2D eigenvalue weighted by molar-refractivity contribution is 0.478. The van der Waals surface area contributed by atoms with Crippen LogP contribution in [0, 0.1) is 0 Å². The molecule has 0 spiro atoms. The summed E-state index contributed by atoms with van der Waals surface area (Å²) in [5.74, 6) is 0.296. The van der Waals surface area contributed by atoms with Gasteiger partial charge in [0.1, 0.15) is 5.75 Å². The first-order valence-electron chi connectivity index (χ1n) is 3.75. The molecule has 0 saturated heterocycles. The second-order valence-electron chi connectivity index (χ2n) is 2.76. The van der Waals surface area contributed by atoms with Gasteiger partial charge in [0.2, 0.25) is 0 Å². The summed E-state index contributed by atoms with van der Waals surface area (Å²) < 4.78 is 1.74. The summed E-state index contributed by atoms with van der Waals surface area (Å²) in [6.07, 6.45) is 0. The number of phenolic OH excluding ortho intramolecular Hbond substituents is 1. The molecule has 0 amide bonds. The fraction of sp³-hybridized carbons (Fsp3) is 0. The third kappa shape index (κ3) is 1.58. The van der Waals surface area contributed by atoms with E-state index in [2.05, 4.69) is 31.9 Å². The van der Waals surface area contributed by atoms with Crippen LogP contribution in [0.5, 0.6) is 5.75 Å². The average molecular weight is 302 g/mol.